The molecule has 1 N–H and O–H groups in total. The third kappa shape index (κ3) is 5.63. The first-order valence-corrected chi connectivity index (χ1v) is 16.4. The zero-order valence-corrected chi connectivity index (χ0v) is 27.2. The fourth-order valence-electron chi connectivity index (χ4n) is 6.45. The number of halogens is 3. The number of carboxylic acids is 1. The zero-order valence-electron chi connectivity index (χ0n) is 26.4. The van der Waals surface area contributed by atoms with Gasteiger partial charge in [-0.05, 0) is 80.1 Å². The van der Waals surface area contributed by atoms with Crippen LogP contribution in [0, 0.1) is 26.2 Å². The summed E-state index contributed by atoms with van der Waals surface area (Å²) in [5.41, 5.74) is 0.931. The summed E-state index contributed by atoms with van der Waals surface area (Å²) in [5.74, 6) is -3.16. The molecule has 6 rings (SSSR count). The standard InChI is InChI=1S/C32H34F3N5O6S/c1-18-12-24-27(36-14-18)46-31(9-11-45-17-31)16-39(47(24,43)44)15-22-13-21(7-6-19(22)2)25(30(4,5)29(41)42)23-8-10-40-26(20(23)3)37-38-28(40)32(33,34)35/h6-8,10,12-14,25H,9,11,15-17H2,1-5H3,(H,41,42)/t25?,31-/m1/s1. The normalized spacial score (nSPS) is 20.6. The molecule has 0 aliphatic carbocycles. The zero-order chi connectivity index (χ0) is 34.1. The number of hydrogen-bond donors (Lipinski definition) is 1. The van der Waals surface area contributed by atoms with E-state index in [0.29, 0.717) is 40.8 Å². The first-order valence-electron chi connectivity index (χ1n) is 14.9. The van der Waals surface area contributed by atoms with Crippen LogP contribution in [0.15, 0.2) is 47.6 Å². The largest absolute Gasteiger partial charge is 0.481 e. The van der Waals surface area contributed by atoms with E-state index >= 15 is 0 Å². The van der Waals surface area contributed by atoms with Crippen LogP contribution in [0.25, 0.3) is 5.65 Å². The lowest BCUT2D eigenvalue weighted by molar-refractivity contribution is -0.147. The van der Waals surface area contributed by atoms with E-state index in [1.165, 1.54) is 22.6 Å². The highest BCUT2D eigenvalue weighted by molar-refractivity contribution is 7.89. The highest BCUT2D eigenvalue weighted by Gasteiger charge is 2.47. The van der Waals surface area contributed by atoms with Crippen LogP contribution in [0.5, 0.6) is 5.88 Å². The molecule has 1 fully saturated rings. The van der Waals surface area contributed by atoms with E-state index in [1.54, 1.807) is 52.1 Å². The Morgan fingerprint density at radius 3 is 2.53 bits per heavy atom. The topological polar surface area (TPSA) is 136 Å². The van der Waals surface area contributed by atoms with Gasteiger partial charge in [0.1, 0.15) is 10.5 Å². The minimum atomic E-state index is -4.74. The maximum atomic E-state index is 14.2. The van der Waals surface area contributed by atoms with E-state index in [0.717, 1.165) is 9.96 Å². The monoisotopic (exact) mass is 673 g/mol. The molecule has 4 aromatic rings. The predicted octanol–water partition coefficient (Wildman–Crippen LogP) is 5.05. The average molecular weight is 674 g/mol. The number of sulfonamides is 1. The summed E-state index contributed by atoms with van der Waals surface area (Å²) in [7, 11) is -4.10. The molecular weight excluding hydrogens is 639 g/mol. The lowest BCUT2D eigenvalue weighted by atomic mass is 9.70. The Balaban J connectivity index is 1.47. The number of ether oxygens (including phenoxy) is 2. The van der Waals surface area contributed by atoms with E-state index in [1.807, 2.05) is 6.92 Å². The molecule has 3 aromatic heterocycles. The first kappa shape index (κ1) is 32.8. The molecule has 0 amide bonds. The van der Waals surface area contributed by atoms with Crippen LogP contribution in [-0.4, -0.2) is 68.7 Å². The second-order valence-electron chi connectivity index (χ2n) is 12.9. The van der Waals surface area contributed by atoms with Gasteiger partial charge in [0.25, 0.3) is 0 Å². The number of fused-ring (bicyclic) bond motifs is 2. The number of aryl methyl sites for hydroxylation is 3. The van der Waals surface area contributed by atoms with Crippen molar-refractivity contribution in [2.75, 3.05) is 19.8 Å². The van der Waals surface area contributed by atoms with Crippen molar-refractivity contribution < 1.29 is 41.0 Å². The second kappa shape index (κ2) is 11.3. The molecular formula is C32H34F3N5O6S. The van der Waals surface area contributed by atoms with Crippen LogP contribution in [0.1, 0.15) is 65.4 Å². The molecule has 1 unspecified atom stereocenters. The van der Waals surface area contributed by atoms with Gasteiger partial charge in [-0.25, -0.2) is 13.4 Å². The SMILES string of the molecule is Cc1cnc2c(c1)S(=O)(=O)N(Cc1cc(C(c3ccn4c(C(F)(F)F)nnc4c3C)C(C)(C)C(=O)O)ccc1C)C[C@@]1(CCOC1)O2. The van der Waals surface area contributed by atoms with Crippen molar-refractivity contribution >= 4 is 21.6 Å². The molecule has 2 aliphatic rings. The van der Waals surface area contributed by atoms with Crippen LogP contribution >= 0.6 is 0 Å². The van der Waals surface area contributed by atoms with Crippen molar-refractivity contribution in [1.29, 1.82) is 0 Å². The number of benzene rings is 1. The molecule has 1 saturated heterocycles. The quantitative estimate of drug-likeness (QED) is 0.298. The Bertz CT molecular complexity index is 2000. The molecule has 5 heterocycles. The molecule has 1 aromatic carbocycles. The lowest BCUT2D eigenvalue weighted by Gasteiger charge is -2.33. The molecule has 0 radical (unpaired) electrons. The third-order valence-electron chi connectivity index (χ3n) is 9.18. The first-order chi connectivity index (χ1) is 21.9. The summed E-state index contributed by atoms with van der Waals surface area (Å²) in [6, 6.07) is 8.31. The third-order valence-corrected chi connectivity index (χ3v) is 11.0. The Hall–Kier alpha value is -4.08. The molecule has 250 valence electrons. The molecule has 47 heavy (non-hydrogen) atoms. The van der Waals surface area contributed by atoms with Gasteiger partial charge < -0.3 is 14.6 Å². The van der Waals surface area contributed by atoms with Gasteiger partial charge >= 0.3 is 12.1 Å². The summed E-state index contributed by atoms with van der Waals surface area (Å²) in [5, 5.41) is 17.5. The number of hydrogen-bond acceptors (Lipinski definition) is 8. The summed E-state index contributed by atoms with van der Waals surface area (Å²) in [6.07, 6.45) is -1.53. The summed E-state index contributed by atoms with van der Waals surface area (Å²) < 4.78 is 83.2. The Morgan fingerprint density at radius 1 is 1.13 bits per heavy atom. The number of carboxylic acid groups (broad SMARTS) is 1. The summed E-state index contributed by atoms with van der Waals surface area (Å²) in [6.45, 7) is 8.77. The number of aliphatic carboxylic acids is 1. The molecule has 0 bridgehead atoms. The lowest BCUT2D eigenvalue weighted by Crippen LogP contribution is -2.47. The number of nitrogens with zero attached hydrogens (tertiary/aromatic N) is 5. The minimum absolute atomic E-state index is 0.00263. The molecule has 2 atom stereocenters. The second-order valence-corrected chi connectivity index (χ2v) is 14.8. The van der Waals surface area contributed by atoms with E-state index in [-0.39, 0.29) is 36.1 Å². The van der Waals surface area contributed by atoms with Crippen molar-refractivity contribution in [2.45, 2.75) is 70.2 Å². The summed E-state index contributed by atoms with van der Waals surface area (Å²) in [4.78, 5) is 17.0. The van der Waals surface area contributed by atoms with Gasteiger partial charge in [-0.3, -0.25) is 9.20 Å². The van der Waals surface area contributed by atoms with Crippen molar-refractivity contribution in [2.24, 2.45) is 5.41 Å². The fourth-order valence-corrected chi connectivity index (χ4v) is 8.09. The van der Waals surface area contributed by atoms with Crippen LogP contribution in [-0.2, 0) is 32.3 Å². The van der Waals surface area contributed by atoms with E-state index < -0.39 is 44.9 Å². The van der Waals surface area contributed by atoms with Gasteiger partial charge in [-0.2, -0.15) is 17.5 Å². The number of alkyl halides is 3. The Labute approximate surface area is 269 Å². The van der Waals surface area contributed by atoms with Gasteiger partial charge in [-0.15, -0.1) is 10.2 Å². The highest BCUT2D eigenvalue weighted by Crippen LogP contribution is 2.44. The smallest absolute Gasteiger partial charge is 0.452 e. The predicted molar refractivity (Wildman–Crippen MR) is 163 cm³/mol. The molecule has 2 aliphatic heterocycles. The Morgan fingerprint density at radius 2 is 1.87 bits per heavy atom. The maximum Gasteiger partial charge on any atom is 0.452 e. The van der Waals surface area contributed by atoms with E-state index in [9.17, 15) is 31.5 Å². The fraction of sp³-hybridized carbons (Fsp3) is 0.438. The van der Waals surface area contributed by atoms with Crippen molar-refractivity contribution in [3.63, 3.8) is 0 Å². The van der Waals surface area contributed by atoms with Crippen molar-refractivity contribution in [1.82, 2.24) is 23.9 Å². The molecule has 0 saturated carbocycles. The number of aromatic nitrogens is 4. The molecule has 15 heteroatoms. The van der Waals surface area contributed by atoms with Gasteiger partial charge in [-0.1, -0.05) is 18.2 Å². The highest BCUT2D eigenvalue weighted by atomic mass is 32.2. The average Bonchev–Trinajstić information content (AvgIpc) is 3.62. The van der Waals surface area contributed by atoms with E-state index in [2.05, 4.69) is 15.2 Å². The van der Waals surface area contributed by atoms with Crippen LogP contribution in [0.3, 0.4) is 0 Å². The summed E-state index contributed by atoms with van der Waals surface area (Å²) >= 11 is 0. The number of pyridine rings is 2. The van der Waals surface area contributed by atoms with E-state index in [4.69, 9.17) is 9.47 Å². The minimum Gasteiger partial charge on any atom is -0.481 e. The van der Waals surface area contributed by atoms with Crippen LogP contribution in [0.2, 0.25) is 0 Å². The number of rotatable bonds is 6. The van der Waals surface area contributed by atoms with Crippen LogP contribution < -0.4 is 4.74 Å². The number of carbonyl (C=O) groups is 1. The Kier molecular flexibility index (Phi) is 7.88. The van der Waals surface area contributed by atoms with Gasteiger partial charge in [0.2, 0.25) is 21.7 Å². The van der Waals surface area contributed by atoms with Gasteiger partial charge in [0.15, 0.2) is 5.65 Å². The van der Waals surface area contributed by atoms with Crippen molar-refractivity contribution in [3.8, 4) is 5.88 Å². The van der Waals surface area contributed by atoms with Gasteiger partial charge in [0, 0.05) is 31.3 Å². The van der Waals surface area contributed by atoms with Crippen molar-refractivity contribution in [3.05, 3.63) is 81.9 Å². The van der Waals surface area contributed by atoms with Crippen LogP contribution in [0.4, 0.5) is 13.2 Å². The maximum absolute atomic E-state index is 14.2. The molecule has 1 spiro atoms. The molecule has 11 nitrogen and oxygen atoms in total. The van der Waals surface area contributed by atoms with Gasteiger partial charge in [0.05, 0.1) is 25.2 Å².